The molecule has 0 spiro atoms. The van der Waals surface area contributed by atoms with Gasteiger partial charge in [0.15, 0.2) is 0 Å². The van der Waals surface area contributed by atoms with Crippen molar-refractivity contribution in [3.05, 3.63) is 0 Å². The number of carbonyl (C=O) groups excluding carboxylic acids is 1. The van der Waals surface area contributed by atoms with Gasteiger partial charge in [-0.25, -0.2) is 0 Å². The van der Waals surface area contributed by atoms with Gasteiger partial charge in [-0.1, -0.05) is 52.9 Å². The standard InChI is InChI=1S/C16H32N2O.ClH/c1-12(2)9-15(11-17)18-16(19)13(3)10-14-7-5-4-6-8-14;/h12-15H,4-11,17H2,1-3H3,(H,18,19);1H. The van der Waals surface area contributed by atoms with Crippen LogP contribution in [0.4, 0.5) is 0 Å². The molecule has 1 amide bonds. The highest BCUT2D eigenvalue weighted by Gasteiger charge is 2.22. The van der Waals surface area contributed by atoms with Crippen LogP contribution >= 0.6 is 12.4 Å². The third-order valence-corrected chi connectivity index (χ3v) is 4.25. The Morgan fingerprint density at radius 2 is 1.80 bits per heavy atom. The van der Waals surface area contributed by atoms with Gasteiger partial charge in [0.05, 0.1) is 0 Å². The van der Waals surface area contributed by atoms with E-state index in [-0.39, 0.29) is 30.3 Å². The monoisotopic (exact) mass is 304 g/mol. The highest BCUT2D eigenvalue weighted by atomic mass is 35.5. The zero-order valence-electron chi connectivity index (χ0n) is 13.4. The number of hydrogen-bond donors (Lipinski definition) is 2. The number of nitrogens with two attached hydrogens (primary N) is 1. The lowest BCUT2D eigenvalue weighted by Crippen LogP contribution is -2.43. The van der Waals surface area contributed by atoms with Crippen molar-refractivity contribution in [1.82, 2.24) is 5.32 Å². The molecule has 0 aromatic heterocycles. The van der Waals surface area contributed by atoms with Crippen LogP contribution in [0.25, 0.3) is 0 Å². The van der Waals surface area contributed by atoms with Crippen LogP contribution in [-0.2, 0) is 4.79 Å². The Kier molecular flexibility index (Phi) is 10.3. The van der Waals surface area contributed by atoms with Crippen molar-refractivity contribution < 1.29 is 4.79 Å². The smallest absolute Gasteiger partial charge is 0.223 e. The predicted molar refractivity (Wildman–Crippen MR) is 88.0 cm³/mol. The third-order valence-electron chi connectivity index (χ3n) is 4.25. The maximum atomic E-state index is 12.2. The van der Waals surface area contributed by atoms with Gasteiger partial charge in [0, 0.05) is 18.5 Å². The number of nitrogens with one attached hydrogen (secondary N) is 1. The van der Waals surface area contributed by atoms with E-state index in [2.05, 4.69) is 26.1 Å². The molecule has 2 unspecified atom stereocenters. The highest BCUT2D eigenvalue weighted by molar-refractivity contribution is 5.85. The molecular weight excluding hydrogens is 272 g/mol. The topological polar surface area (TPSA) is 55.1 Å². The molecule has 1 fully saturated rings. The molecule has 0 aromatic carbocycles. The van der Waals surface area contributed by atoms with E-state index in [0.717, 1.165) is 18.8 Å². The van der Waals surface area contributed by atoms with E-state index >= 15 is 0 Å². The van der Waals surface area contributed by atoms with Crippen LogP contribution in [0.15, 0.2) is 0 Å². The molecule has 0 radical (unpaired) electrons. The SMILES string of the molecule is CC(C)CC(CN)NC(=O)C(C)CC1CCCCC1.Cl. The summed E-state index contributed by atoms with van der Waals surface area (Å²) in [6.07, 6.45) is 8.70. The van der Waals surface area contributed by atoms with Crippen LogP contribution in [0.5, 0.6) is 0 Å². The van der Waals surface area contributed by atoms with Crippen molar-refractivity contribution in [2.45, 2.75) is 71.8 Å². The first-order chi connectivity index (χ1) is 9.02. The van der Waals surface area contributed by atoms with Crippen LogP contribution in [0.3, 0.4) is 0 Å². The molecule has 0 aromatic rings. The van der Waals surface area contributed by atoms with Crippen molar-refractivity contribution in [3.8, 4) is 0 Å². The number of amides is 1. The molecule has 20 heavy (non-hydrogen) atoms. The van der Waals surface area contributed by atoms with E-state index in [0.29, 0.717) is 12.5 Å². The first kappa shape index (κ1) is 19.7. The van der Waals surface area contributed by atoms with Crippen LogP contribution in [0.2, 0.25) is 0 Å². The van der Waals surface area contributed by atoms with Gasteiger partial charge in [0.2, 0.25) is 5.91 Å². The van der Waals surface area contributed by atoms with Crippen LogP contribution in [0, 0.1) is 17.8 Å². The molecule has 0 aliphatic heterocycles. The largest absolute Gasteiger partial charge is 0.352 e. The number of hydrogen-bond acceptors (Lipinski definition) is 2. The summed E-state index contributed by atoms with van der Waals surface area (Å²) in [5, 5.41) is 3.12. The van der Waals surface area contributed by atoms with E-state index in [1.807, 2.05) is 0 Å². The zero-order chi connectivity index (χ0) is 14.3. The average Bonchev–Trinajstić information content (AvgIpc) is 2.38. The molecule has 0 bridgehead atoms. The number of halogens is 1. The summed E-state index contributed by atoms with van der Waals surface area (Å²) in [6.45, 7) is 6.94. The number of carbonyl (C=O) groups is 1. The second kappa shape index (κ2) is 10.4. The van der Waals surface area contributed by atoms with E-state index in [1.54, 1.807) is 0 Å². The zero-order valence-corrected chi connectivity index (χ0v) is 14.2. The molecular formula is C16H33ClN2O. The van der Waals surface area contributed by atoms with Gasteiger partial charge in [0.25, 0.3) is 0 Å². The van der Waals surface area contributed by atoms with Gasteiger partial charge >= 0.3 is 0 Å². The van der Waals surface area contributed by atoms with Crippen molar-refractivity contribution in [3.63, 3.8) is 0 Å². The van der Waals surface area contributed by atoms with Gasteiger partial charge in [-0.15, -0.1) is 12.4 Å². The van der Waals surface area contributed by atoms with Crippen molar-refractivity contribution in [2.75, 3.05) is 6.54 Å². The minimum atomic E-state index is 0. The van der Waals surface area contributed by atoms with E-state index in [1.165, 1.54) is 32.1 Å². The molecule has 2 atom stereocenters. The Morgan fingerprint density at radius 3 is 2.30 bits per heavy atom. The fourth-order valence-corrected chi connectivity index (χ4v) is 3.16. The predicted octanol–water partition coefficient (Wildman–Crippen LogP) is 3.50. The van der Waals surface area contributed by atoms with Crippen LogP contribution in [-0.4, -0.2) is 18.5 Å². The lowest BCUT2D eigenvalue weighted by atomic mass is 9.83. The van der Waals surface area contributed by atoms with Gasteiger partial charge in [0.1, 0.15) is 0 Å². The lowest BCUT2D eigenvalue weighted by molar-refractivity contribution is -0.125. The second-order valence-electron chi connectivity index (χ2n) is 6.71. The Morgan fingerprint density at radius 1 is 1.20 bits per heavy atom. The Labute approximate surface area is 130 Å². The first-order valence-corrected chi connectivity index (χ1v) is 8.03. The molecule has 1 aliphatic carbocycles. The Hall–Kier alpha value is -0.280. The maximum Gasteiger partial charge on any atom is 0.223 e. The minimum Gasteiger partial charge on any atom is -0.352 e. The third kappa shape index (κ3) is 7.49. The quantitative estimate of drug-likeness (QED) is 0.756. The lowest BCUT2D eigenvalue weighted by Gasteiger charge is -2.26. The molecule has 120 valence electrons. The second-order valence-corrected chi connectivity index (χ2v) is 6.71. The van der Waals surface area contributed by atoms with E-state index in [9.17, 15) is 4.79 Å². The summed E-state index contributed by atoms with van der Waals surface area (Å²) < 4.78 is 0. The van der Waals surface area contributed by atoms with Crippen LogP contribution in [0.1, 0.15) is 65.7 Å². The van der Waals surface area contributed by atoms with Gasteiger partial charge in [-0.2, -0.15) is 0 Å². The molecule has 3 N–H and O–H groups in total. The molecule has 0 saturated heterocycles. The van der Waals surface area contributed by atoms with Gasteiger partial charge in [-0.05, 0) is 24.7 Å². The summed E-state index contributed by atoms with van der Waals surface area (Å²) in [5.41, 5.74) is 5.74. The summed E-state index contributed by atoms with van der Waals surface area (Å²) >= 11 is 0. The highest BCUT2D eigenvalue weighted by Crippen LogP contribution is 2.29. The van der Waals surface area contributed by atoms with Crippen molar-refractivity contribution in [2.24, 2.45) is 23.5 Å². The van der Waals surface area contributed by atoms with E-state index < -0.39 is 0 Å². The normalized spacial score (nSPS) is 19.2. The maximum absolute atomic E-state index is 12.2. The van der Waals surface area contributed by atoms with Gasteiger partial charge in [-0.3, -0.25) is 4.79 Å². The first-order valence-electron chi connectivity index (χ1n) is 8.03. The molecule has 1 saturated carbocycles. The summed E-state index contributed by atoms with van der Waals surface area (Å²) in [4.78, 5) is 12.2. The molecule has 0 heterocycles. The minimum absolute atomic E-state index is 0. The molecule has 4 heteroatoms. The summed E-state index contributed by atoms with van der Waals surface area (Å²) in [6, 6.07) is 0.140. The number of rotatable bonds is 7. The fourth-order valence-electron chi connectivity index (χ4n) is 3.16. The average molecular weight is 305 g/mol. The van der Waals surface area contributed by atoms with Crippen molar-refractivity contribution in [1.29, 1.82) is 0 Å². The molecule has 3 nitrogen and oxygen atoms in total. The molecule has 1 rings (SSSR count). The fraction of sp³-hybridized carbons (Fsp3) is 0.938. The molecule has 1 aliphatic rings. The van der Waals surface area contributed by atoms with E-state index in [4.69, 9.17) is 5.73 Å². The van der Waals surface area contributed by atoms with Gasteiger partial charge < -0.3 is 11.1 Å². The Bertz CT molecular complexity index is 265. The summed E-state index contributed by atoms with van der Waals surface area (Å²) in [5.74, 6) is 1.66. The summed E-state index contributed by atoms with van der Waals surface area (Å²) in [7, 11) is 0. The van der Waals surface area contributed by atoms with Crippen molar-refractivity contribution >= 4 is 18.3 Å². The van der Waals surface area contributed by atoms with Crippen LogP contribution < -0.4 is 11.1 Å². The Balaban J connectivity index is 0.00000361.